The maximum absolute atomic E-state index is 10.1. The first kappa shape index (κ1) is 10.4. The number of diazo groups is 1. The molecule has 0 atom stereocenters. The van der Waals surface area contributed by atoms with Gasteiger partial charge in [-0.1, -0.05) is 0 Å². The number of hydrogen-bond donors (Lipinski definition) is 1. The van der Waals surface area contributed by atoms with Gasteiger partial charge in [-0.3, -0.25) is 0 Å². The average Bonchev–Trinajstić information content (AvgIpc) is 1.71. The predicted molar refractivity (Wildman–Crippen MR) is 12.5 cm³/mol. The zero-order valence-corrected chi connectivity index (χ0v) is 4.30. The highest BCUT2D eigenvalue weighted by atomic mass is 31.2. The molecule has 0 bridgehead atoms. The summed E-state index contributed by atoms with van der Waals surface area (Å²) in [6, 6.07) is 0. The van der Waals surface area contributed by atoms with E-state index in [9.17, 15) is 4.53 Å². The predicted octanol–water partition coefficient (Wildman–Crippen LogP) is -3.00. The quantitative estimate of drug-likeness (QED) is 0.309. The number of hydrogen-bond acceptors (Lipinski definition) is 5. The van der Waals surface area contributed by atoms with Crippen molar-refractivity contribution in [1.82, 2.24) is 0 Å². The molecule has 0 heterocycles. The van der Waals surface area contributed by atoms with E-state index < -0.39 is 7.82 Å². The summed E-state index contributed by atoms with van der Waals surface area (Å²) in [5.41, 5.74) is 0. The van der Waals surface area contributed by atoms with Gasteiger partial charge in [0.2, 0.25) is 5.39 Å². The molecule has 48 valence electrons. The summed E-state index contributed by atoms with van der Waals surface area (Å²) in [7, 11) is -5.31. The van der Waals surface area contributed by atoms with Gasteiger partial charge in [0.1, 0.15) is 7.82 Å². The van der Waals surface area contributed by atoms with Gasteiger partial charge in [-0.15, -0.1) is 0 Å². The van der Waals surface area contributed by atoms with E-state index in [1.54, 1.807) is 0 Å². The molecule has 0 aliphatic rings. The third-order valence-electron chi connectivity index (χ3n) is 0.0845. The van der Waals surface area contributed by atoms with Crippen LogP contribution in [0.2, 0.25) is 0 Å². The van der Waals surface area contributed by atoms with Crippen molar-refractivity contribution < 1.29 is 29.0 Å². The fourth-order valence-corrected chi connectivity index (χ4v) is 0. The monoisotopic (exact) mass is 143 g/mol. The Labute approximate surface area is 43.4 Å². The third-order valence-corrected chi connectivity index (χ3v) is 0.254. The Morgan fingerprint density at radius 2 is 1.75 bits per heavy atom. The number of halogens is 1. The van der Waals surface area contributed by atoms with Crippen LogP contribution in [0.5, 0.6) is 0 Å². The molecule has 0 saturated heterocycles. The Bertz CT molecular complexity index is 104. The second-order valence-corrected chi connectivity index (χ2v) is 1.55. The molecular weight excluding hydrogens is 142 g/mol. The van der Waals surface area contributed by atoms with E-state index in [1.165, 1.54) is 0 Å². The molecule has 0 aliphatic carbocycles. The molecule has 8 heteroatoms. The second kappa shape index (κ2) is 4.61. The molecule has 0 saturated carbocycles. The number of rotatable bonds is 1. The molecule has 0 aromatic rings. The minimum absolute atomic E-state index is 1.88. The van der Waals surface area contributed by atoms with Gasteiger partial charge in [0.15, 0.2) is 0 Å². The molecule has 0 fully saturated rings. The van der Waals surface area contributed by atoms with E-state index in [-0.39, 0.29) is 0 Å². The first-order valence-corrected chi connectivity index (χ1v) is 2.57. The van der Waals surface area contributed by atoms with Crippen LogP contribution in [0, 0.1) is 5.39 Å². The van der Waals surface area contributed by atoms with E-state index >= 15 is 0 Å². The van der Waals surface area contributed by atoms with E-state index in [0.717, 1.165) is 0 Å². The minimum atomic E-state index is -5.31. The summed E-state index contributed by atoms with van der Waals surface area (Å²) >= 11 is 0. The van der Waals surface area contributed by atoms with Crippen molar-refractivity contribution in [1.29, 1.82) is 5.39 Å². The number of nitrogens with one attached hydrogen (secondary N) is 1. The van der Waals surface area contributed by atoms with Crippen molar-refractivity contribution in [3.8, 4) is 0 Å². The molecular formula is HFN2O4P-. The lowest BCUT2D eigenvalue weighted by Crippen LogP contribution is -2.12. The van der Waals surface area contributed by atoms with Crippen LogP contribution < -0.4 is 15.2 Å². The van der Waals surface area contributed by atoms with Crippen molar-refractivity contribution in [3.63, 3.8) is 0 Å². The Morgan fingerprint density at radius 1 is 1.62 bits per heavy atom. The van der Waals surface area contributed by atoms with Gasteiger partial charge >= 0.3 is 0 Å². The Hall–Kier alpha value is -0.540. The smallest absolute Gasteiger partial charge is 0.212 e. The Morgan fingerprint density at radius 3 is 1.75 bits per heavy atom. The van der Waals surface area contributed by atoms with Crippen LogP contribution in [0.15, 0.2) is 0 Å². The van der Waals surface area contributed by atoms with E-state index in [2.05, 4.69) is 0 Å². The molecule has 0 radical (unpaired) electrons. The Kier molecular flexibility index (Phi) is 6.02. The van der Waals surface area contributed by atoms with Gasteiger partial charge in [0.05, 0.1) is 5.39 Å². The third kappa shape index (κ3) is 17.9. The Balaban J connectivity index is 0. The lowest BCUT2D eigenvalue weighted by atomic mass is 13.4. The van der Waals surface area contributed by atoms with E-state index in [0.29, 0.717) is 0 Å². The highest BCUT2D eigenvalue weighted by Crippen LogP contribution is 2.23. The molecule has 8 heavy (non-hydrogen) atoms. The van der Waals surface area contributed by atoms with Crippen LogP contribution in [0.4, 0.5) is 4.53 Å². The van der Waals surface area contributed by atoms with Gasteiger partial charge in [-0.05, 0) is 4.53 Å². The van der Waals surface area contributed by atoms with Crippen molar-refractivity contribution in [2.75, 3.05) is 0 Å². The second-order valence-electron chi connectivity index (χ2n) is 0.516. The van der Waals surface area contributed by atoms with Crippen LogP contribution >= 0.6 is 7.82 Å². The summed E-state index contributed by atoms with van der Waals surface area (Å²) in [5.74, 6) is 0. The van der Waals surface area contributed by atoms with Crippen LogP contribution in [0.1, 0.15) is 0 Å². The van der Waals surface area contributed by atoms with E-state index in [4.69, 9.17) is 25.1 Å². The zero-order valence-electron chi connectivity index (χ0n) is 3.41. The van der Waals surface area contributed by atoms with Crippen LogP contribution in [0.25, 0.3) is 0 Å². The topological polar surface area (TPSA) is 120 Å². The van der Waals surface area contributed by atoms with Crippen LogP contribution in [-0.2, 0) is 9.29 Å². The molecule has 1 N–H and O–H groups in total. The molecule has 0 amide bonds. The number of nitrogens with zero attached hydrogens (tertiary/aromatic N) is 1. The highest BCUT2D eigenvalue weighted by Gasteiger charge is 1.81. The van der Waals surface area contributed by atoms with E-state index in [1.807, 2.05) is 4.73 Å². The van der Waals surface area contributed by atoms with Gasteiger partial charge < -0.3 is 14.4 Å². The zero-order chi connectivity index (χ0) is 7.21. The van der Waals surface area contributed by atoms with Gasteiger partial charge in [0.25, 0.3) is 0 Å². The van der Waals surface area contributed by atoms with Crippen molar-refractivity contribution in [3.05, 3.63) is 0 Å². The van der Waals surface area contributed by atoms with Gasteiger partial charge in [-0.2, -0.15) is 4.73 Å². The molecule has 0 rings (SSSR count). The average molecular weight is 143 g/mol. The molecule has 0 aromatic carbocycles. The fourth-order valence-electron chi connectivity index (χ4n) is 0. The van der Waals surface area contributed by atoms with Gasteiger partial charge in [0, 0.05) is 0 Å². The van der Waals surface area contributed by atoms with Crippen LogP contribution in [-0.4, -0.2) is 0 Å². The molecule has 0 unspecified atom stereocenters. The van der Waals surface area contributed by atoms with Gasteiger partial charge in [-0.25, -0.2) is 0 Å². The van der Waals surface area contributed by atoms with Crippen molar-refractivity contribution >= 4 is 7.82 Å². The SMILES string of the molecule is N#[NH+].O=P([O-])([O-])OF. The summed E-state index contributed by atoms with van der Waals surface area (Å²) < 4.78 is 20.9. The fraction of sp³-hybridized carbons (Fsp3) is 0. The first-order chi connectivity index (χ1) is 3.56. The summed E-state index contributed by atoms with van der Waals surface area (Å²) in [6.45, 7) is 0. The maximum Gasteiger partial charge on any atom is 0.212 e. The molecule has 6 nitrogen and oxygen atoms in total. The molecule has 0 spiro atoms. The van der Waals surface area contributed by atoms with Crippen LogP contribution in [0.3, 0.4) is 0 Å². The maximum atomic E-state index is 10.1. The first-order valence-electron chi connectivity index (χ1n) is 1.11. The van der Waals surface area contributed by atoms with Crippen molar-refractivity contribution in [2.45, 2.75) is 0 Å². The molecule has 0 aromatic heterocycles. The normalized spacial score (nSPS) is 9.12. The number of phosphoric acid groups is 1. The summed E-state index contributed by atoms with van der Waals surface area (Å²) in [5, 5.41) is 11.0. The summed E-state index contributed by atoms with van der Waals surface area (Å²) in [6.07, 6.45) is 0. The molecule has 0 aliphatic heterocycles. The standard InChI is InChI=1S/FH2O4P.N2/c1-5-6(2,3)4;1-2/h(H2,2,3,4);/p-1. The highest BCUT2D eigenvalue weighted by molar-refractivity contribution is 7.43. The lowest BCUT2D eigenvalue weighted by Gasteiger charge is -2.20. The minimum Gasteiger partial charge on any atom is -0.787 e. The summed E-state index contributed by atoms with van der Waals surface area (Å²) in [4.78, 5) is 17.8. The largest absolute Gasteiger partial charge is 0.787 e. The lowest BCUT2D eigenvalue weighted by molar-refractivity contribution is -0.362. The van der Waals surface area contributed by atoms with Crippen molar-refractivity contribution in [2.24, 2.45) is 0 Å².